The molecular formula is C20H20N4O3. The highest BCUT2D eigenvalue weighted by atomic mass is 16.5. The molecule has 2 unspecified atom stereocenters. The van der Waals surface area contributed by atoms with Crippen LogP contribution in [0.3, 0.4) is 0 Å². The summed E-state index contributed by atoms with van der Waals surface area (Å²) in [5.74, 6) is 2.14. The quantitative estimate of drug-likeness (QED) is 0.709. The van der Waals surface area contributed by atoms with Crippen molar-refractivity contribution in [2.24, 2.45) is 5.92 Å². The first-order chi connectivity index (χ1) is 13.2. The number of hydrogen-bond acceptors (Lipinski definition) is 6. The van der Waals surface area contributed by atoms with Crippen molar-refractivity contribution < 1.29 is 13.8 Å². The Bertz CT molecular complexity index is 980. The van der Waals surface area contributed by atoms with Gasteiger partial charge in [0.15, 0.2) is 11.5 Å². The highest BCUT2D eigenvalue weighted by Gasteiger charge is 2.54. The van der Waals surface area contributed by atoms with Gasteiger partial charge in [-0.05, 0) is 37.8 Å². The van der Waals surface area contributed by atoms with E-state index in [0.29, 0.717) is 36.4 Å². The Morgan fingerprint density at radius 3 is 2.85 bits per heavy atom. The topological polar surface area (TPSA) is 85.3 Å². The molecule has 5 rings (SSSR count). The zero-order valence-corrected chi connectivity index (χ0v) is 15.1. The molecule has 0 spiro atoms. The van der Waals surface area contributed by atoms with E-state index in [1.807, 2.05) is 35.2 Å². The molecule has 2 fully saturated rings. The van der Waals surface area contributed by atoms with Gasteiger partial charge in [-0.25, -0.2) is 0 Å². The van der Waals surface area contributed by atoms with Gasteiger partial charge < -0.3 is 13.9 Å². The SMILES string of the molecule is Cc1cc(C(=O)N2CC3CCCC3(c3noc(-c4ccccc4)n3)C2)no1. The average molecular weight is 364 g/mol. The van der Waals surface area contributed by atoms with E-state index in [2.05, 4.69) is 10.3 Å². The van der Waals surface area contributed by atoms with Gasteiger partial charge in [0.1, 0.15) is 5.76 Å². The fraction of sp³-hybridized carbons (Fsp3) is 0.400. The minimum absolute atomic E-state index is 0.0904. The third kappa shape index (κ3) is 2.57. The van der Waals surface area contributed by atoms with Gasteiger partial charge in [0, 0.05) is 24.7 Å². The molecule has 1 aliphatic carbocycles. The lowest BCUT2D eigenvalue weighted by Gasteiger charge is -2.24. The Kier molecular flexibility index (Phi) is 3.63. The molecule has 1 aromatic carbocycles. The number of hydrogen-bond donors (Lipinski definition) is 0. The second-order valence-corrected chi connectivity index (χ2v) is 7.54. The van der Waals surface area contributed by atoms with Crippen LogP contribution in [0.5, 0.6) is 0 Å². The number of fused-ring (bicyclic) bond motifs is 1. The Balaban J connectivity index is 1.45. The summed E-state index contributed by atoms with van der Waals surface area (Å²) in [5, 5.41) is 8.20. The van der Waals surface area contributed by atoms with Crippen LogP contribution in [0.1, 0.15) is 41.3 Å². The minimum atomic E-state index is -0.231. The largest absolute Gasteiger partial charge is 0.361 e. The smallest absolute Gasteiger partial charge is 0.276 e. The molecule has 1 aliphatic heterocycles. The molecule has 7 nitrogen and oxygen atoms in total. The van der Waals surface area contributed by atoms with Crippen LogP contribution in [0.2, 0.25) is 0 Å². The Morgan fingerprint density at radius 2 is 2.07 bits per heavy atom. The van der Waals surface area contributed by atoms with Crippen LogP contribution in [0.15, 0.2) is 45.4 Å². The van der Waals surface area contributed by atoms with Gasteiger partial charge in [-0.2, -0.15) is 4.98 Å². The molecule has 27 heavy (non-hydrogen) atoms. The molecule has 1 amide bonds. The first kappa shape index (κ1) is 16.2. The van der Waals surface area contributed by atoms with Gasteiger partial charge in [-0.15, -0.1) is 0 Å². The lowest BCUT2D eigenvalue weighted by Crippen LogP contribution is -2.35. The third-order valence-corrected chi connectivity index (χ3v) is 5.90. The van der Waals surface area contributed by atoms with Gasteiger partial charge in [-0.1, -0.05) is 34.9 Å². The van der Waals surface area contributed by atoms with Crippen LogP contribution in [0, 0.1) is 12.8 Å². The van der Waals surface area contributed by atoms with Gasteiger partial charge in [-0.3, -0.25) is 4.79 Å². The maximum Gasteiger partial charge on any atom is 0.276 e. The monoisotopic (exact) mass is 364 g/mol. The summed E-state index contributed by atoms with van der Waals surface area (Å²) in [6.45, 7) is 3.07. The fourth-order valence-electron chi connectivity index (χ4n) is 4.56. The van der Waals surface area contributed by atoms with Crippen molar-refractivity contribution in [3.8, 4) is 11.5 Å². The van der Waals surface area contributed by atoms with Crippen molar-refractivity contribution >= 4 is 5.91 Å². The lowest BCUT2D eigenvalue weighted by atomic mass is 9.80. The number of benzene rings is 1. The van der Waals surface area contributed by atoms with Gasteiger partial charge in [0.05, 0.1) is 5.41 Å². The summed E-state index contributed by atoms with van der Waals surface area (Å²) in [6, 6.07) is 11.5. The summed E-state index contributed by atoms with van der Waals surface area (Å²) >= 11 is 0. The van der Waals surface area contributed by atoms with E-state index in [1.54, 1.807) is 13.0 Å². The maximum absolute atomic E-state index is 12.8. The first-order valence-corrected chi connectivity index (χ1v) is 9.28. The molecule has 0 N–H and O–H groups in total. The van der Waals surface area contributed by atoms with Crippen molar-refractivity contribution in [1.29, 1.82) is 0 Å². The first-order valence-electron chi connectivity index (χ1n) is 9.28. The Hall–Kier alpha value is -2.96. The lowest BCUT2D eigenvalue weighted by molar-refractivity contribution is 0.0766. The molecule has 2 atom stereocenters. The molecule has 0 radical (unpaired) electrons. The standard InChI is InChI=1S/C20H20N4O3/c1-13-10-16(22-26-13)18(25)24-11-15-8-5-9-20(15,12-24)19-21-17(27-23-19)14-6-3-2-4-7-14/h2-4,6-7,10,15H,5,8-9,11-12H2,1H3. The highest BCUT2D eigenvalue weighted by Crippen LogP contribution is 2.50. The van der Waals surface area contributed by atoms with Crippen molar-refractivity contribution in [3.63, 3.8) is 0 Å². The molecule has 2 aliphatic rings. The Labute approximate surface area is 156 Å². The number of rotatable bonds is 3. The van der Waals surface area contributed by atoms with Crippen LogP contribution in [-0.2, 0) is 5.41 Å². The summed E-state index contributed by atoms with van der Waals surface area (Å²) in [6.07, 6.45) is 3.15. The predicted octanol–water partition coefficient (Wildman–Crippen LogP) is 3.23. The summed E-state index contributed by atoms with van der Waals surface area (Å²) in [4.78, 5) is 19.4. The molecule has 1 saturated carbocycles. The highest BCUT2D eigenvalue weighted by molar-refractivity contribution is 5.92. The maximum atomic E-state index is 12.8. The van der Waals surface area contributed by atoms with Crippen LogP contribution in [0.4, 0.5) is 0 Å². The van der Waals surface area contributed by atoms with Gasteiger partial charge >= 0.3 is 0 Å². The molecule has 1 saturated heterocycles. The van der Waals surface area contributed by atoms with Gasteiger partial charge in [0.2, 0.25) is 0 Å². The molecule has 7 heteroatoms. The number of aryl methyl sites for hydroxylation is 1. The van der Waals surface area contributed by atoms with Crippen LogP contribution >= 0.6 is 0 Å². The molecule has 2 aromatic heterocycles. The van der Waals surface area contributed by atoms with Gasteiger partial charge in [0.25, 0.3) is 11.8 Å². The molecule has 3 aromatic rings. The number of likely N-dealkylation sites (tertiary alicyclic amines) is 1. The molecular weight excluding hydrogens is 344 g/mol. The number of carbonyl (C=O) groups is 1. The van der Waals surface area contributed by atoms with Crippen molar-refractivity contribution in [2.45, 2.75) is 31.6 Å². The number of nitrogens with zero attached hydrogens (tertiary/aromatic N) is 4. The number of aromatic nitrogens is 3. The van der Waals surface area contributed by atoms with E-state index in [9.17, 15) is 4.79 Å². The summed E-state index contributed by atoms with van der Waals surface area (Å²) in [7, 11) is 0. The minimum Gasteiger partial charge on any atom is -0.361 e. The summed E-state index contributed by atoms with van der Waals surface area (Å²) < 4.78 is 10.6. The molecule has 0 bridgehead atoms. The van der Waals surface area contributed by atoms with Crippen molar-refractivity contribution in [3.05, 3.63) is 53.7 Å². The van der Waals surface area contributed by atoms with E-state index >= 15 is 0 Å². The van der Waals surface area contributed by atoms with Crippen molar-refractivity contribution in [2.75, 3.05) is 13.1 Å². The number of amides is 1. The molecule has 138 valence electrons. The van der Waals surface area contributed by atoms with Crippen LogP contribution in [-0.4, -0.2) is 39.2 Å². The second kappa shape index (κ2) is 6.04. The zero-order valence-electron chi connectivity index (χ0n) is 15.1. The van der Waals surface area contributed by atoms with E-state index in [-0.39, 0.29) is 11.3 Å². The summed E-state index contributed by atoms with van der Waals surface area (Å²) in [5.41, 5.74) is 1.04. The van der Waals surface area contributed by atoms with E-state index in [4.69, 9.17) is 14.0 Å². The fourth-order valence-corrected chi connectivity index (χ4v) is 4.56. The van der Waals surface area contributed by atoms with Crippen LogP contribution < -0.4 is 0 Å². The van der Waals surface area contributed by atoms with Crippen molar-refractivity contribution in [1.82, 2.24) is 20.2 Å². The van der Waals surface area contributed by atoms with E-state index in [0.717, 1.165) is 30.7 Å². The average Bonchev–Trinajstić information content (AvgIpc) is 3.44. The molecule has 3 heterocycles. The van der Waals surface area contributed by atoms with Crippen LogP contribution in [0.25, 0.3) is 11.5 Å². The second-order valence-electron chi connectivity index (χ2n) is 7.54. The predicted molar refractivity (Wildman–Crippen MR) is 95.9 cm³/mol. The zero-order chi connectivity index (χ0) is 18.4. The van der Waals surface area contributed by atoms with E-state index < -0.39 is 0 Å². The normalized spacial score (nSPS) is 24.3. The van der Waals surface area contributed by atoms with E-state index in [1.165, 1.54) is 0 Å². The third-order valence-electron chi connectivity index (χ3n) is 5.90. The number of carbonyl (C=O) groups excluding carboxylic acids is 1. The Morgan fingerprint density at radius 1 is 1.22 bits per heavy atom.